The van der Waals surface area contributed by atoms with Crippen LogP contribution < -0.4 is 5.32 Å². The summed E-state index contributed by atoms with van der Waals surface area (Å²) in [4.78, 5) is 0. The quantitative estimate of drug-likeness (QED) is 0.814. The van der Waals surface area contributed by atoms with Crippen molar-refractivity contribution >= 4 is 0 Å². The number of nitrogens with one attached hydrogen (secondary N) is 1. The molecule has 0 spiro atoms. The van der Waals surface area contributed by atoms with Gasteiger partial charge in [0, 0.05) is 19.7 Å². The number of hydrogen-bond donors (Lipinski definition) is 1. The van der Waals surface area contributed by atoms with Gasteiger partial charge >= 0.3 is 6.18 Å². The molecule has 3 atom stereocenters. The number of halogens is 3. The summed E-state index contributed by atoms with van der Waals surface area (Å²) >= 11 is 0. The van der Waals surface area contributed by atoms with Crippen LogP contribution in [0.3, 0.4) is 0 Å². The molecule has 0 saturated heterocycles. The molecule has 0 aromatic rings. The first kappa shape index (κ1) is 13.8. The summed E-state index contributed by atoms with van der Waals surface area (Å²) in [5, 5.41) is 2.98. The Labute approximate surface area is 94.5 Å². The van der Waals surface area contributed by atoms with Gasteiger partial charge in [0.25, 0.3) is 0 Å². The van der Waals surface area contributed by atoms with E-state index in [9.17, 15) is 13.2 Å². The first-order valence-corrected chi connectivity index (χ1v) is 5.78. The zero-order valence-corrected chi connectivity index (χ0v) is 9.81. The zero-order chi connectivity index (χ0) is 12.2. The maximum atomic E-state index is 12.7. The molecule has 1 aliphatic rings. The topological polar surface area (TPSA) is 21.3 Å². The van der Waals surface area contributed by atoms with Gasteiger partial charge in [-0.05, 0) is 19.8 Å². The van der Waals surface area contributed by atoms with Crippen molar-refractivity contribution in [3.63, 3.8) is 0 Å². The minimum Gasteiger partial charge on any atom is -0.380 e. The Bertz CT molecular complexity index is 208. The second-order valence-electron chi connectivity index (χ2n) is 4.49. The van der Waals surface area contributed by atoms with Crippen LogP contribution in [0.4, 0.5) is 13.2 Å². The molecule has 0 radical (unpaired) electrons. The van der Waals surface area contributed by atoms with Crippen LogP contribution in [-0.2, 0) is 4.74 Å². The monoisotopic (exact) mass is 239 g/mol. The van der Waals surface area contributed by atoms with Crippen molar-refractivity contribution in [1.29, 1.82) is 0 Å². The van der Waals surface area contributed by atoms with E-state index in [-0.39, 0.29) is 12.5 Å². The molecule has 5 heteroatoms. The van der Waals surface area contributed by atoms with Gasteiger partial charge in [-0.2, -0.15) is 13.2 Å². The highest BCUT2D eigenvalue weighted by Crippen LogP contribution is 2.37. The summed E-state index contributed by atoms with van der Waals surface area (Å²) in [6.07, 6.45) is -1.69. The van der Waals surface area contributed by atoms with Gasteiger partial charge in [-0.15, -0.1) is 0 Å². The summed E-state index contributed by atoms with van der Waals surface area (Å²) in [6, 6.07) is -0.439. The zero-order valence-electron chi connectivity index (χ0n) is 9.81. The van der Waals surface area contributed by atoms with Crippen molar-refractivity contribution in [2.75, 3.05) is 13.7 Å². The second-order valence-corrected chi connectivity index (χ2v) is 4.49. The molecule has 16 heavy (non-hydrogen) atoms. The number of methoxy groups -OCH3 is 1. The highest BCUT2D eigenvalue weighted by molar-refractivity contribution is 4.85. The van der Waals surface area contributed by atoms with Crippen LogP contribution in [0.2, 0.25) is 0 Å². The third-order valence-corrected chi connectivity index (χ3v) is 3.26. The molecule has 0 aliphatic heterocycles. The molecule has 3 unspecified atom stereocenters. The van der Waals surface area contributed by atoms with E-state index in [0.29, 0.717) is 19.4 Å². The molecule has 0 bridgehead atoms. The van der Waals surface area contributed by atoms with E-state index in [1.54, 1.807) is 7.11 Å². The van der Waals surface area contributed by atoms with Crippen molar-refractivity contribution in [2.24, 2.45) is 5.92 Å². The van der Waals surface area contributed by atoms with E-state index in [4.69, 9.17) is 4.74 Å². The van der Waals surface area contributed by atoms with E-state index in [1.807, 2.05) is 6.92 Å². The fraction of sp³-hybridized carbons (Fsp3) is 1.00. The van der Waals surface area contributed by atoms with E-state index in [0.717, 1.165) is 6.42 Å². The summed E-state index contributed by atoms with van der Waals surface area (Å²) < 4.78 is 43.2. The summed E-state index contributed by atoms with van der Waals surface area (Å²) in [5.74, 6) is -1.19. The lowest BCUT2D eigenvalue weighted by atomic mass is 9.84. The van der Waals surface area contributed by atoms with Gasteiger partial charge < -0.3 is 10.1 Å². The van der Waals surface area contributed by atoms with Crippen molar-refractivity contribution in [3.8, 4) is 0 Å². The van der Waals surface area contributed by atoms with Crippen molar-refractivity contribution in [1.82, 2.24) is 5.32 Å². The van der Waals surface area contributed by atoms with Crippen molar-refractivity contribution < 1.29 is 17.9 Å². The Hall–Kier alpha value is -0.290. The molecule has 0 heterocycles. The molecule has 1 rings (SSSR count). The van der Waals surface area contributed by atoms with Gasteiger partial charge in [0.2, 0.25) is 0 Å². The SMILES string of the molecule is COC(C)CNC1CCCCC1C(F)(F)F. The lowest BCUT2D eigenvalue weighted by Gasteiger charge is -2.34. The van der Waals surface area contributed by atoms with Crippen LogP contribution in [0.15, 0.2) is 0 Å². The summed E-state index contributed by atoms with van der Waals surface area (Å²) in [7, 11) is 1.56. The van der Waals surface area contributed by atoms with Crippen LogP contribution in [0.5, 0.6) is 0 Å². The van der Waals surface area contributed by atoms with Crippen LogP contribution in [0, 0.1) is 5.92 Å². The minimum absolute atomic E-state index is 0.0455. The Morgan fingerprint density at radius 2 is 1.94 bits per heavy atom. The Kier molecular flexibility index (Phi) is 5.05. The molecule has 0 amide bonds. The maximum Gasteiger partial charge on any atom is 0.393 e. The molecule has 1 N–H and O–H groups in total. The first-order chi connectivity index (χ1) is 7.45. The molecule has 1 saturated carbocycles. The fourth-order valence-corrected chi connectivity index (χ4v) is 2.17. The predicted octanol–water partition coefficient (Wildman–Crippen LogP) is 2.73. The van der Waals surface area contributed by atoms with Gasteiger partial charge in [-0.1, -0.05) is 12.8 Å². The van der Waals surface area contributed by atoms with E-state index < -0.39 is 18.1 Å². The minimum atomic E-state index is -4.08. The average Bonchev–Trinajstić information content (AvgIpc) is 2.25. The maximum absolute atomic E-state index is 12.7. The third kappa shape index (κ3) is 3.94. The van der Waals surface area contributed by atoms with Gasteiger partial charge in [0.15, 0.2) is 0 Å². The fourth-order valence-electron chi connectivity index (χ4n) is 2.17. The highest BCUT2D eigenvalue weighted by atomic mass is 19.4. The lowest BCUT2D eigenvalue weighted by molar-refractivity contribution is -0.189. The molecule has 96 valence electrons. The standard InChI is InChI=1S/C11H20F3NO/c1-8(16-2)7-15-10-6-4-3-5-9(10)11(12,13)14/h8-10,15H,3-7H2,1-2H3. The van der Waals surface area contributed by atoms with Crippen LogP contribution in [0.25, 0.3) is 0 Å². The number of ether oxygens (including phenoxy) is 1. The van der Waals surface area contributed by atoms with Crippen LogP contribution >= 0.6 is 0 Å². The van der Waals surface area contributed by atoms with Crippen molar-refractivity contribution in [2.45, 2.75) is 50.9 Å². The molecular weight excluding hydrogens is 219 g/mol. The molecular formula is C11H20F3NO. The van der Waals surface area contributed by atoms with Crippen molar-refractivity contribution in [3.05, 3.63) is 0 Å². The van der Waals surface area contributed by atoms with Gasteiger partial charge in [-0.3, -0.25) is 0 Å². The summed E-state index contributed by atoms with van der Waals surface area (Å²) in [5.41, 5.74) is 0. The van der Waals surface area contributed by atoms with Gasteiger partial charge in [0.05, 0.1) is 12.0 Å². The van der Waals surface area contributed by atoms with Gasteiger partial charge in [-0.25, -0.2) is 0 Å². The normalized spacial score (nSPS) is 29.1. The van der Waals surface area contributed by atoms with E-state index in [1.165, 1.54) is 0 Å². The molecule has 1 fully saturated rings. The smallest absolute Gasteiger partial charge is 0.380 e. The Morgan fingerprint density at radius 1 is 1.31 bits per heavy atom. The molecule has 0 aromatic carbocycles. The number of rotatable bonds is 4. The molecule has 1 aliphatic carbocycles. The molecule has 0 aromatic heterocycles. The number of hydrogen-bond acceptors (Lipinski definition) is 2. The Morgan fingerprint density at radius 3 is 2.50 bits per heavy atom. The highest BCUT2D eigenvalue weighted by Gasteiger charge is 2.45. The van der Waals surface area contributed by atoms with Crippen LogP contribution in [0.1, 0.15) is 32.6 Å². The van der Waals surface area contributed by atoms with E-state index >= 15 is 0 Å². The lowest BCUT2D eigenvalue weighted by Crippen LogP contribution is -2.47. The summed E-state index contributed by atoms with van der Waals surface area (Å²) in [6.45, 7) is 2.33. The largest absolute Gasteiger partial charge is 0.393 e. The number of alkyl halides is 3. The first-order valence-electron chi connectivity index (χ1n) is 5.78. The van der Waals surface area contributed by atoms with Gasteiger partial charge in [0.1, 0.15) is 0 Å². The Balaban J connectivity index is 2.47. The second kappa shape index (κ2) is 5.87. The predicted molar refractivity (Wildman–Crippen MR) is 56.3 cm³/mol. The third-order valence-electron chi connectivity index (χ3n) is 3.26. The molecule has 2 nitrogen and oxygen atoms in total. The van der Waals surface area contributed by atoms with Crippen LogP contribution in [-0.4, -0.2) is 32.0 Å². The average molecular weight is 239 g/mol. The van der Waals surface area contributed by atoms with E-state index in [2.05, 4.69) is 5.32 Å².